The van der Waals surface area contributed by atoms with Crippen LogP contribution in [0.3, 0.4) is 0 Å². The van der Waals surface area contributed by atoms with E-state index in [1.54, 1.807) is 0 Å². The molecule has 1 atom stereocenters. The zero-order chi connectivity index (χ0) is 51.2. The highest BCUT2D eigenvalue weighted by Gasteiger charge is 2.37. The van der Waals surface area contributed by atoms with Crippen LogP contribution in [-0.4, -0.2) is 4.57 Å². The minimum atomic E-state index is -0.266. The van der Waals surface area contributed by atoms with Gasteiger partial charge in [0, 0.05) is 44.9 Å². The van der Waals surface area contributed by atoms with E-state index in [-0.39, 0.29) is 5.41 Å². The fourth-order valence-corrected chi connectivity index (χ4v) is 13.2. The summed E-state index contributed by atoms with van der Waals surface area (Å²) in [7, 11) is 0. The summed E-state index contributed by atoms with van der Waals surface area (Å²) in [5, 5.41) is 10.1. The molecule has 0 aliphatic heterocycles. The van der Waals surface area contributed by atoms with E-state index in [0.717, 1.165) is 29.2 Å². The van der Waals surface area contributed by atoms with E-state index in [1.807, 2.05) is 0 Å². The van der Waals surface area contributed by atoms with Crippen LogP contribution in [-0.2, 0) is 5.41 Å². The first kappa shape index (κ1) is 44.9. The number of hydrogen-bond acceptors (Lipinski definition) is 1. The molecule has 0 saturated heterocycles. The van der Waals surface area contributed by atoms with Crippen LogP contribution >= 0.6 is 0 Å². The van der Waals surface area contributed by atoms with E-state index in [1.165, 1.54) is 115 Å². The summed E-state index contributed by atoms with van der Waals surface area (Å²) < 4.78 is 2.45. The summed E-state index contributed by atoms with van der Waals surface area (Å²) in [5.41, 5.74) is 20.8. The Morgan fingerprint density at radius 1 is 0.390 bits per heavy atom. The van der Waals surface area contributed by atoms with Crippen molar-refractivity contribution >= 4 is 71.2 Å². The standard InChI is InChI=1S/C75H54N2/c1-75(2)69-47-54(73-63-28-14-16-30-65(63)74(66-31-17-15-29-64(66)73)62-32-18-24-51-23-12-13-27-59(51)62)33-41-60(69)61-42-40-58(48-70(61)75)76(55-25-10-5-11-26-55)56-36-38-57(39-37-56)77-71-43-34-52(49-19-6-3-7-20-49)45-67(71)68-46-53(35-44-72(68)77)50-21-8-4-9-22-50/h3-21,23-48,50H,22H2,1-2H3. The molecule has 0 spiro atoms. The van der Waals surface area contributed by atoms with Gasteiger partial charge in [-0.15, -0.1) is 0 Å². The van der Waals surface area contributed by atoms with Crippen LogP contribution in [0.5, 0.6) is 0 Å². The first-order chi connectivity index (χ1) is 38.0. The number of benzene rings is 12. The Labute approximate surface area is 449 Å². The van der Waals surface area contributed by atoms with E-state index >= 15 is 0 Å². The number of hydrogen-bond donors (Lipinski definition) is 0. The highest BCUT2D eigenvalue weighted by Crippen LogP contribution is 2.53. The highest BCUT2D eigenvalue weighted by molar-refractivity contribution is 6.23. The lowest BCUT2D eigenvalue weighted by molar-refractivity contribution is 0.660. The molecule has 0 saturated carbocycles. The van der Waals surface area contributed by atoms with Gasteiger partial charge in [-0.3, -0.25) is 0 Å². The van der Waals surface area contributed by atoms with Crippen LogP contribution in [0.1, 0.15) is 42.9 Å². The number of para-hydroxylation sites is 1. The molecule has 1 unspecified atom stereocenters. The molecule has 15 rings (SSSR count). The Hall–Kier alpha value is -9.50. The van der Waals surface area contributed by atoms with Gasteiger partial charge in [-0.25, -0.2) is 0 Å². The van der Waals surface area contributed by atoms with Gasteiger partial charge in [0.2, 0.25) is 0 Å². The molecule has 0 bridgehead atoms. The highest BCUT2D eigenvalue weighted by atomic mass is 15.1. The van der Waals surface area contributed by atoms with E-state index < -0.39 is 0 Å². The topological polar surface area (TPSA) is 8.17 Å². The summed E-state index contributed by atoms with van der Waals surface area (Å²) in [6.45, 7) is 4.82. The molecule has 364 valence electrons. The van der Waals surface area contributed by atoms with Gasteiger partial charge in [0.05, 0.1) is 11.0 Å². The fourth-order valence-electron chi connectivity index (χ4n) is 13.2. The second-order valence-electron chi connectivity index (χ2n) is 21.5. The van der Waals surface area contributed by atoms with Crippen LogP contribution < -0.4 is 4.90 Å². The SMILES string of the molecule is CC1(C)c2cc(-c3c4ccccc4c(-c4cccc5ccccc45)c4ccccc34)ccc2-c2ccc(N(c3ccccc3)c3ccc(-n4c5ccc(-c6ccccc6)cc5c5cc(C6C=CC=CC6)ccc54)cc3)cc21. The van der Waals surface area contributed by atoms with Gasteiger partial charge in [0.25, 0.3) is 0 Å². The summed E-state index contributed by atoms with van der Waals surface area (Å²) in [6, 6.07) is 92.8. The predicted molar refractivity (Wildman–Crippen MR) is 327 cm³/mol. The maximum absolute atomic E-state index is 2.50. The first-order valence-corrected chi connectivity index (χ1v) is 27.1. The third-order valence-electron chi connectivity index (χ3n) is 16.9. The van der Waals surface area contributed by atoms with Gasteiger partial charge in [0.1, 0.15) is 0 Å². The molecule has 0 fully saturated rings. The lowest BCUT2D eigenvalue weighted by Crippen LogP contribution is -2.16. The Morgan fingerprint density at radius 2 is 0.961 bits per heavy atom. The van der Waals surface area contributed by atoms with E-state index in [9.17, 15) is 0 Å². The van der Waals surface area contributed by atoms with Gasteiger partial charge >= 0.3 is 0 Å². The molecule has 0 N–H and O–H groups in total. The third-order valence-corrected chi connectivity index (χ3v) is 16.9. The number of fused-ring (bicyclic) bond motifs is 9. The van der Waals surface area contributed by atoms with Crippen LogP contribution in [0.4, 0.5) is 17.1 Å². The van der Waals surface area contributed by atoms with Crippen molar-refractivity contribution in [1.82, 2.24) is 4.57 Å². The van der Waals surface area contributed by atoms with Gasteiger partial charge in [-0.1, -0.05) is 208 Å². The van der Waals surface area contributed by atoms with E-state index in [2.05, 4.69) is 296 Å². The van der Waals surface area contributed by atoms with Crippen LogP contribution in [0.25, 0.3) is 104 Å². The average molecular weight is 983 g/mol. The summed E-state index contributed by atoms with van der Waals surface area (Å²) >= 11 is 0. The molecule has 2 nitrogen and oxygen atoms in total. The molecule has 1 heterocycles. The molecule has 2 aliphatic rings. The van der Waals surface area contributed by atoms with Gasteiger partial charge in [0.15, 0.2) is 0 Å². The normalized spacial score (nSPS) is 14.4. The Kier molecular flexibility index (Phi) is 10.4. The van der Waals surface area contributed by atoms with Crippen molar-refractivity contribution in [3.05, 3.63) is 290 Å². The smallest absolute Gasteiger partial charge is 0.0541 e. The number of nitrogens with zero attached hydrogens (tertiary/aromatic N) is 2. The largest absolute Gasteiger partial charge is 0.310 e. The molecule has 2 heteroatoms. The van der Waals surface area contributed by atoms with Gasteiger partial charge < -0.3 is 9.47 Å². The quantitative estimate of drug-likeness (QED) is 0.138. The Balaban J connectivity index is 0.823. The predicted octanol–water partition coefficient (Wildman–Crippen LogP) is 20.6. The minimum Gasteiger partial charge on any atom is -0.310 e. The second-order valence-corrected chi connectivity index (χ2v) is 21.5. The van der Waals surface area contributed by atoms with Crippen molar-refractivity contribution in [1.29, 1.82) is 0 Å². The molecule has 1 aromatic heterocycles. The molecule has 12 aromatic carbocycles. The Morgan fingerprint density at radius 3 is 1.68 bits per heavy atom. The maximum atomic E-state index is 2.50. The van der Waals surface area contributed by atoms with Crippen molar-refractivity contribution in [3.8, 4) is 50.2 Å². The van der Waals surface area contributed by atoms with Crippen LogP contribution in [0.15, 0.2) is 273 Å². The summed E-state index contributed by atoms with van der Waals surface area (Å²) in [6.07, 6.45) is 9.97. The lowest BCUT2D eigenvalue weighted by atomic mass is 9.80. The van der Waals surface area contributed by atoms with Crippen molar-refractivity contribution in [3.63, 3.8) is 0 Å². The number of aromatic nitrogens is 1. The molecular formula is C75H54N2. The first-order valence-electron chi connectivity index (χ1n) is 27.1. The molecule has 0 amide bonds. The van der Waals surface area contributed by atoms with Crippen molar-refractivity contribution < 1.29 is 0 Å². The monoisotopic (exact) mass is 982 g/mol. The number of allylic oxidation sites excluding steroid dienone is 4. The van der Waals surface area contributed by atoms with E-state index in [4.69, 9.17) is 0 Å². The number of anilines is 3. The molecule has 77 heavy (non-hydrogen) atoms. The number of rotatable bonds is 8. The maximum Gasteiger partial charge on any atom is 0.0541 e. The van der Waals surface area contributed by atoms with Crippen molar-refractivity contribution in [2.75, 3.05) is 4.90 Å². The molecular weight excluding hydrogens is 929 g/mol. The van der Waals surface area contributed by atoms with E-state index in [0.29, 0.717) is 5.92 Å². The molecule has 2 aliphatic carbocycles. The summed E-state index contributed by atoms with van der Waals surface area (Å²) in [5.74, 6) is 0.367. The second kappa shape index (κ2) is 17.8. The zero-order valence-electron chi connectivity index (χ0n) is 43.2. The summed E-state index contributed by atoms with van der Waals surface area (Å²) in [4.78, 5) is 2.42. The third kappa shape index (κ3) is 7.24. The van der Waals surface area contributed by atoms with Crippen molar-refractivity contribution in [2.24, 2.45) is 0 Å². The van der Waals surface area contributed by atoms with Crippen molar-refractivity contribution in [2.45, 2.75) is 31.6 Å². The van der Waals surface area contributed by atoms with Crippen LogP contribution in [0.2, 0.25) is 0 Å². The van der Waals surface area contributed by atoms with Gasteiger partial charge in [-0.05, 0) is 179 Å². The van der Waals surface area contributed by atoms with Gasteiger partial charge in [-0.2, -0.15) is 0 Å². The molecule has 13 aromatic rings. The minimum absolute atomic E-state index is 0.266. The Bertz CT molecular complexity index is 4490. The lowest BCUT2D eigenvalue weighted by Gasteiger charge is -2.28. The average Bonchev–Trinajstić information content (AvgIpc) is 4.22. The molecule has 0 radical (unpaired) electrons. The fraction of sp³-hybridized carbons (Fsp3) is 0.0667. The zero-order valence-corrected chi connectivity index (χ0v) is 43.2. The van der Waals surface area contributed by atoms with Crippen LogP contribution in [0, 0.1) is 0 Å².